The molecule has 0 spiro atoms. The summed E-state index contributed by atoms with van der Waals surface area (Å²) in [6.45, 7) is 8.84. The molecule has 0 radical (unpaired) electrons. The SMILES string of the molecule is CCN(CC)CCOC(=O)/C=C/c1ccc2occ(C(=O)Nc3ccc(C)cc3)c(=O)c2c1. The van der Waals surface area contributed by atoms with Gasteiger partial charge in [-0.2, -0.15) is 0 Å². The van der Waals surface area contributed by atoms with Crippen molar-refractivity contribution in [3.63, 3.8) is 0 Å². The van der Waals surface area contributed by atoms with Gasteiger partial charge in [-0.05, 0) is 55.9 Å². The molecule has 0 saturated carbocycles. The lowest BCUT2D eigenvalue weighted by Gasteiger charge is -2.16. The minimum Gasteiger partial charge on any atom is -0.463 e. The normalized spacial score (nSPS) is 11.3. The zero-order chi connectivity index (χ0) is 23.8. The van der Waals surface area contributed by atoms with Gasteiger partial charge in [-0.3, -0.25) is 9.59 Å². The third-order valence-electron chi connectivity index (χ3n) is 5.31. The first-order valence-electron chi connectivity index (χ1n) is 10.9. The van der Waals surface area contributed by atoms with Crippen LogP contribution in [0.1, 0.15) is 35.3 Å². The van der Waals surface area contributed by atoms with E-state index in [0.29, 0.717) is 30.0 Å². The Bertz CT molecular complexity index is 1210. The van der Waals surface area contributed by atoms with Crippen LogP contribution in [0.2, 0.25) is 0 Å². The number of carbonyl (C=O) groups is 2. The van der Waals surface area contributed by atoms with Crippen molar-refractivity contribution in [2.45, 2.75) is 20.8 Å². The molecule has 33 heavy (non-hydrogen) atoms. The molecule has 3 rings (SSSR count). The molecule has 7 nitrogen and oxygen atoms in total. The van der Waals surface area contributed by atoms with Gasteiger partial charge in [0.15, 0.2) is 0 Å². The van der Waals surface area contributed by atoms with Gasteiger partial charge in [0, 0.05) is 18.3 Å². The maximum atomic E-state index is 12.9. The Hall–Kier alpha value is -3.71. The number of amides is 1. The number of nitrogens with one attached hydrogen (secondary N) is 1. The average molecular weight is 449 g/mol. The molecule has 2 aromatic carbocycles. The summed E-state index contributed by atoms with van der Waals surface area (Å²) in [4.78, 5) is 39.7. The zero-order valence-electron chi connectivity index (χ0n) is 19.1. The number of likely N-dealkylation sites (N-methyl/N-ethyl adjacent to an activating group) is 1. The predicted octanol–water partition coefficient (Wildman–Crippen LogP) is 4.25. The van der Waals surface area contributed by atoms with Crippen LogP contribution in [0.5, 0.6) is 0 Å². The largest absolute Gasteiger partial charge is 0.463 e. The van der Waals surface area contributed by atoms with Crippen molar-refractivity contribution < 1.29 is 18.7 Å². The molecule has 1 N–H and O–H groups in total. The molecule has 0 saturated heterocycles. The minimum atomic E-state index is -0.549. The van der Waals surface area contributed by atoms with E-state index in [2.05, 4.69) is 24.1 Å². The van der Waals surface area contributed by atoms with E-state index in [4.69, 9.17) is 9.15 Å². The van der Waals surface area contributed by atoms with Crippen molar-refractivity contribution in [3.05, 3.63) is 81.7 Å². The van der Waals surface area contributed by atoms with E-state index in [9.17, 15) is 14.4 Å². The van der Waals surface area contributed by atoms with Crippen LogP contribution in [0.3, 0.4) is 0 Å². The zero-order valence-corrected chi connectivity index (χ0v) is 19.1. The second-order valence-corrected chi connectivity index (χ2v) is 7.58. The lowest BCUT2D eigenvalue weighted by Crippen LogP contribution is -2.27. The molecule has 7 heteroatoms. The number of aryl methyl sites for hydroxylation is 1. The highest BCUT2D eigenvalue weighted by atomic mass is 16.5. The van der Waals surface area contributed by atoms with E-state index in [1.54, 1.807) is 36.4 Å². The summed E-state index contributed by atoms with van der Waals surface area (Å²) in [5, 5.41) is 2.96. The number of ether oxygens (including phenoxy) is 1. The van der Waals surface area contributed by atoms with Gasteiger partial charge < -0.3 is 19.4 Å². The standard InChI is InChI=1S/C26H28N2O5/c1-4-28(5-2)14-15-32-24(29)13-9-19-8-12-23-21(16-19)25(30)22(17-33-23)26(31)27-20-10-6-18(3)7-11-20/h6-13,16-17H,4-5,14-15H2,1-3H3,(H,27,31)/b13-9+. The number of carbonyl (C=O) groups excluding carboxylic acids is 2. The molecule has 0 fully saturated rings. The number of hydrogen-bond donors (Lipinski definition) is 1. The molecule has 0 unspecified atom stereocenters. The summed E-state index contributed by atoms with van der Waals surface area (Å²) in [5.41, 5.74) is 2.07. The molecule has 1 heterocycles. The summed E-state index contributed by atoms with van der Waals surface area (Å²) < 4.78 is 10.7. The van der Waals surface area contributed by atoms with Gasteiger partial charge in [0.1, 0.15) is 24.0 Å². The minimum absolute atomic E-state index is 0.0972. The highest BCUT2D eigenvalue weighted by Gasteiger charge is 2.15. The Morgan fingerprint density at radius 3 is 2.52 bits per heavy atom. The maximum absolute atomic E-state index is 12.9. The average Bonchev–Trinajstić information content (AvgIpc) is 2.82. The van der Waals surface area contributed by atoms with Gasteiger partial charge in [0.05, 0.1) is 5.39 Å². The molecule has 1 amide bonds. The first-order valence-corrected chi connectivity index (χ1v) is 10.9. The molecule has 1 aromatic heterocycles. The summed E-state index contributed by atoms with van der Waals surface area (Å²) >= 11 is 0. The third kappa shape index (κ3) is 6.40. The third-order valence-corrected chi connectivity index (χ3v) is 5.31. The summed E-state index contributed by atoms with van der Waals surface area (Å²) in [6, 6.07) is 12.2. The highest BCUT2D eigenvalue weighted by Crippen LogP contribution is 2.16. The molecular formula is C26H28N2O5. The topological polar surface area (TPSA) is 88.8 Å². The Kier molecular flexibility index (Phi) is 8.16. The molecular weight excluding hydrogens is 420 g/mol. The van der Waals surface area contributed by atoms with E-state index in [-0.39, 0.29) is 10.9 Å². The quantitative estimate of drug-likeness (QED) is 0.389. The van der Waals surface area contributed by atoms with Crippen molar-refractivity contribution in [1.29, 1.82) is 0 Å². The van der Waals surface area contributed by atoms with Crippen LogP contribution in [0, 0.1) is 6.92 Å². The molecule has 3 aromatic rings. The molecule has 0 aliphatic heterocycles. The summed E-state index contributed by atoms with van der Waals surface area (Å²) in [5.74, 6) is -1.01. The molecule has 172 valence electrons. The number of anilines is 1. The highest BCUT2D eigenvalue weighted by molar-refractivity contribution is 6.05. The number of nitrogens with zero attached hydrogens (tertiary/aromatic N) is 1. The predicted molar refractivity (Wildman–Crippen MR) is 129 cm³/mol. The van der Waals surface area contributed by atoms with E-state index in [0.717, 1.165) is 24.9 Å². The molecule has 0 atom stereocenters. The van der Waals surface area contributed by atoms with Crippen molar-refractivity contribution >= 4 is 34.6 Å². The van der Waals surface area contributed by atoms with E-state index in [1.807, 2.05) is 19.1 Å². The Morgan fingerprint density at radius 2 is 1.82 bits per heavy atom. The number of rotatable bonds is 9. The van der Waals surface area contributed by atoms with Crippen molar-refractivity contribution in [3.8, 4) is 0 Å². The number of esters is 1. The van der Waals surface area contributed by atoms with Crippen molar-refractivity contribution in [2.75, 3.05) is 31.6 Å². The van der Waals surface area contributed by atoms with Gasteiger partial charge in [0.2, 0.25) is 5.43 Å². The van der Waals surface area contributed by atoms with Gasteiger partial charge in [-0.25, -0.2) is 4.79 Å². The van der Waals surface area contributed by atoms with Crippen LogP contribution in [0.25, 0.3) is 17.0 Å². The first kappa shape index (κ1) is 23.9. The second-order valence-electron chi connectivity index (χ2n) is 7.58. The summed E-state index contributed by atoms with van der Waals surface area (Å²) in [7, 11) is 0. The van der Waals surface area contributed by atoms with Crippen molar-refractivity contribution in [1.82, 2.24) is 4.90 Å². The van der Waals surface area contributed by atoms with Crippen LogP contribution in [0.15, 0.2) is 64.0 Å². The monoisotopic (exact) mass is 448 g/mol. The van der Waals surface area contributed by atoms with Crippen LogP contribution in [0.4, 0.5) is 5.69 Å². The van der Waals surface area contributed by atoms with Gasteiger partial charge in [-0.1, -0.05) is 37.6 Å². The van der Waals surface area contributed by atoms with E-state index < -0.39 is 17.3 Å². The van der Waals surface area contributed by atoms with Crippen molar-refractivity contribution in [2.24, 2.45) is 0 Å². The fourth-order valence-electron chi connectivity index (χ4n) is 3.27. The molecule has 0 aliphatic rings. The Morgan fingerprint density at radius 1 is 1.09 bits per heavy atom. The lowest BCUT2D eigenvalue weighted by molar-refractivity contribution is -0.138. The van der Waals surface area contributed by atoms with Crippen LogP contribution in [-0.2, 0) is 9.53 Å². The lowest BCUT2D eigenvalue weighted by atomic mass is 10.1. The summed E-state index contributed by atoms with van der Waals surface area (Å²) in [6.07, 6.45) is 4.05. The Labute approximate surface area is 192 Å². The second kappa shape index (κ2) is 11.2. The fraction of sp³-hybridized carbons (Fsp3) is 0.269. The van der Waals surface area contributed by atoms with Crippen LogP contribution < -0.4 is 10.7 Å². The smallest absolute Gasteiger partial charge is 0.330 e. The number of hydrogen-bond acceptors (Lipinski definition) is 6. The van der Waals surface area contributed by atoms with E-state index in [1.165, 1.54) is 6.08 Å². The molecule has 0 bridgehead atoms. The number of fused-ring (bicyclic) bond motifs is 1. The van der Waals surface area contributed by atoms with Gasteiger partial charge in [-0.15, -0.1) is 0 Å². The van der Waals surface area contributed by atoms with Crippen LogP contribution in [-0.4, -0.2) is 43.0 Å². The van der Waals surface area contributed by atoms with Gasteiger partial charge >= 0.3 is 5.97 Å². The molecule has 0 aliphatic carbocycles. The fourth-order valence-corrected chi connectivity index (χ4v) is 3.27. The van der Waals surface area contributed by atoms with E-state index >= 15 is 0 Å². The Balaban J connectivity index is 1.72. The van der Waals surface area contributed by atoms with Gasteiger partial charge in [0.25, 0.3) is 5.91 Å². The number of benzene rings is 2. The maximum Gasteiger partial charge on any atom is 0.330 e. The van der Waals surface area contributed by atoms with Crippen LogP contribution >= 0.6 is 0 Å². The first-order chi connectivity index (χ1) is 15.9.